The molecule has 0 N–H and O–H groups in total. The molecule has 438 valence electrons. The van der Waals surface area contributed by atoms with E-state index in [0.29, 0.717) is 66.6 Å². The van der Waals surface area contributed by atoms with E-state index in [1.165, 1.54) is 18.2 Å². The first-order valence-corrected chi connectivity index (χ1v) is 30.2. The van der Waals surface area contributed by atoms with E-state index in [2.05, 4.69) is 6.07 Å². The second-order valence-corrected chi connectivity index (χ2v) is 22.9. The quantitative estimate of drug-likeness (QED) is 0.121. The number of halogens is 5. The van der Waals surface area contributed by atoms with Crippen molar-refractivity contribution in [3.8, 4) is 112 Å². The maximum atomic E-state index is 17.2. The van der Waals surface area contributed by atoms with Crippen molar-refractivity contribution in [1.29, 1.82) is 0 Å². The van der Waals surface area contributed by atoms with Crippen LogP contribution in [0.4, 0.5) is 22.0 Å². The van der Waals surface area contributed by atoms with Crippen LogP contribution in [-0.2, 0) is 6.18 Å². The molecule has 16 aromatic rings. The lowest BCUT2D eigenvalue weighted by molar-refractivity contribution is -0.137. The molecule has 0 fully saturated rings. The SMILES string of the molecule is Fc1cc(F)cc(-c2cc(-n3c4cc(-c5cccc(-c6ccccc6)c5)ccc4c4ccc(-c5cccc(-c6ccccc6)n5)cc43)c(C(F)(F)F)cc2-n2c3cc(-c4cccc(-c5ccccc5)n4)ccc3c3ccc(-c4cccc(-c5ccccc5)n4)cc32)c1. The maximum absolute atomic E-state index is 17.2. The number of hydrogen-bond acceptors (Lipinski definition) is 3. The largest absolute Gasteiger partial charge is 0.418 e. The molecule has 0 saturated carbocycles. The van der Waals surface area contributed by atoms with Crippen LogP contribution >= 0.6 is 0 Å². The van der Waals surface area contributed by atoms with Crippen molar-refractivity contribution in [3.05, 3.63) is 321 Å². The summed E-state index contributed by atoms with van der Waals surface area (Å²) in [6, 6.07) is 93.8. The molecule has 5 nitrogen and oxygen atoms in total. The standard InChI is InChI=1S/C82H50F5N5/c83-62-42-61(43-63(84)48-62)68-49-81(92-76-44-57(56-26-13-25-55(41-56)51-17-5-1-6-18-51)33-37-64(76)67-40-36-60(47-79(67)92)75-32-16-29-72(90-75)54-23-11-4-12-24-54)69(82(85,86)87)50-80(68)91-77-45-58(73-30-14-27-70(88-73)52-19-7-2-8-20-52)34-38-65(77)66-39-35-59(46-78(66)91)74-31-15-28-71(89-74)53-21-9-3-10-22-53/h1-50H. The molecule has 5 heterocycles. The normalized spacial score (nSPS) is 11.8. The fraction of sp³-hybridized carbons (Fsp3) is 0.0122. The van der Waals surface area contributed by atoms with E-state index in [1.807, 2.05) is 267 Å². The molecule has 0 spiro atoms. The molecule has 16 rings (SSSR count). The van der Waals surface area contributed by atoms with Crippen LogP contribution in [0.2, 0.25) is 0 Å². The number of fused-ring (bicyclic) bond motifs is 6. The van der Waals surface area contributed by atoms with Crippen molar-refractivity contribution >= 4 is 43.6 Å². The van der Waals surface area contributed by atoms with Gasteiger partial charge >= 0.3 is 6.18 Å². The Balaban J connectivity index is 0.991. The van der Waals surface area contributed by atoms with Gasteiger partial charge in [-0.2, -0.15) is 13.2 Å². The number of benzene rings is 11. The van der Waals surface area contributed by atoms with Crippen LogP contribution in [0.1, 0.15) is 5.56 Å². The summed E-state index contributed by atoms with van der Waals surface area (Å²) in [6.07, 6.45) is -5.03. The van der Waals surface area contributed by atoms with Gasteiger partial charge in [0, 0.05) is 66.6 Å². The Labute approximate surface area is 525 Å². The lowest BCUT2D eigenvalue weighted by Crippen LogP contribution is -2.13. The average molecular weight is 1200 g/mol. The van der Waals surface area contributed by atoms with Crippen molar-refractivity contribution in [2.75, 3.05) is 0 Å². The summed E-state index contributed by atoms with van der Waals surface area (Å²) in [7, 11) is 0. The van der Waals surface area contributed by atoms with Gasteiger partial charge in [0.05, 0.1) is 73.2 Å². The molecule has 0 radical (unpaired) electrons. The fourth-order valence-corrected chi connectivity index (χ4v) is 12.9. The van der Waals surface area contributed by atoms with Crippen LogP contribution in [0.3, 0.4) is 0 Å². The molecule has 0 atom stereocenters. The first-order valence-electron chi connectivity index (χ1n) is 30.2. The molecule has 0 saturated heterocycles. The molecule has 0 unspecified atom stereocenters. The van der Waals surface area contributed by atoms with Crippen molar-refractivity contribution in [1.82, 2.24) is 24.1 Å². The Hall–Kier alpha value is -11.9. The van der Waals surface area contributed by atoms with Gasteiger partial charge in [0.1, 0.15) is 11.6 Å². The van der Waals surface area contributed by atoms with Gasteiger partial charge in [-0.05, 0) is 119 Å². The van der Waals surface area contributed by atoms with Gasteiger partial charge in [-0.1, -0.05) is 206 Å². The van der Waals surface area contributed by atoms with Gasteiger partial charge < -0.3 is 9.13 Å². The predicted octanol–water partition coefficient (Wildman–Crippen LogP) is 22.4. The van der Waals surface area contributed by atoms with E-state index in [1.54, 1.807) is 9.13 Å². The Kier molecular flexibility index (Phi) is 13.6. The highest BCUT2D eigenvalue weighted by molar-refractivity contribution is 6.13. The van der Waals surface area contributed by atoms with Gasteiger partial charge in [0.2, 0.25) is 0 Å². The molecule has 0 aliphatic carbocycles. The fourth-order valence-electron chi connectivity index (χ4n) is 12.9. The smallest absolute Gasteiger partial charge is 0.309 e. The third-order valence-corrected chi connectivity index (χ3v) is 17.3. The minimum absolute atomic E-state index is 0.0195. The second-order valence-electron chi connectivity index (χ2n) is 22.9. The minimum atomic E-state index is -5.03. The summed E-state index contributed by atoms with van der Waals surface area (Å²) in [6.45, 7) is 0. The summed E-state index contributed by atoms with van der Waals surface area (Å²) in [5, 5.41) is 2.81. The molecular weight excluding hydrogens is 1150 g/mol. The molecule has 92 heavy (non-hydrogen) atoms. The van der Waals surface area contributed by atoms with Crippen LogP contribution in [0.5, 0.6) is 0 Å². The van der Waals surface area contributed by atoms with Crippen molar-refractivity contribution in [2.24, 2.45) is 0 Å². The van der Waals surface area contributed by atoms with Crippen LogP contribution in [0, 0.1) is 11.6 Å². The van der Waals surface area contributed by atoms with Gasteiger partial charge in [0.25, 0.3) is 0 Å². The Morgan fingerprint density at radius 3 is 0.957 bits per heavy atom. The number of hydrogen-bond donors (Lipinski definition) is 0. The van der Waals surface area contributed by atoms with E-state index in [0.717, 1.165) is 78.9 Å². The summed E-state index contributed by atoms with van der Waals surface area (Å²) in [5.41, 5.74) is 13.4. The second kappa shape index (κ2) is 22.6. The van der Waals surface area contributed by atoms with E-state index in [4.69, 9.17) is 15.0 Å². The maximum Gasteiger partial charge on any atom is 0.418 e. The van der Waals surface area contributed by atoms with Crippen LogP contribution in [-0.4, -0.2) is 24.1 Å². The topological polar surface area (TPSA) is 48.5 Å². The van der Waals surface area contributed by atoms with Crippen LogP contribution in [0.25, 0.3) is 156 Å². The van der Waals surface area contributed by atoms with Gasteiger partial charge in [-0.25, -0.2) is 23.7 Å². The Bertz CT molecular complexity index is 5230. The van der Waals surface area contributed by atoms with Crippen LogP contribution < -0.4 is 0 Å². The highest BCUT2D eigenvalue weighted by atomic mass is 19.4. The molecule has 0 aliphatic heterocycles. The monoisotopic (exact) mass is 1200 g/mol. The molecule has 10 heteroatoms. The number of nitrogens with zero attached hydrogens (tertiary/aromatic N) is 5. The van der Waals surface area contributed by atoms with Crippen LogP contribution in [0.15, 0.2) is 303 Å². The molecule has 5 aromatic heterocycles. The predicted molar refractivity (Wildman–Crippen MR) is 362 cm³/mol. The van der Waals surface area contributed by atoms with Crippen molar-refractivity contribution in [2.45, 2.75) is 6.18 Å². The average Bonchev–Trinajstić information content (AvgIpc) is 1.50. The zero-order chi connectivity index (χ0) is 62.0. The van der Waals surface area contributed by atoms with E-state index >= 15 is 22.0 Å². The number of aromatic nitrogens is 5. The molecule has 0 aliphatic rings. The van der Waals surface area contributed by atoms with E-state index in [9.17, 15) is 0 Å². The highest BCUT2D eigenvalue weighted by Crippen LogP contribution is 2.47. The third-order valence-electron chi connectivity index (χ3n) is 17.3. The van der Waals surface area contributed by atoms with Crippen molar-refractivity contribution < 1.29 is 22.0 Å². The third kappa shape index (κ3) is 10.1. The van der Waals surface area contributed by atoms with Crippen molar-refractivity contribution in [3.63, 3.8) is 0 Å². The lowest BCUT2D eigenvalue weighted by atomic mass is 9.97. The zero-order valence-corrected chi connectivity index (χ0v) is 49.0. The number of rotatable bonds is 11. The number of alkyl halides is 3. The Morgan fingerprint density at radius 2 is 0.554 bits per heavy atom. The Morgan fingerprint density at radius 1 is 0.239 bits per heavy atom. The molecular formula is C82H50F5N5. The first-order chi connectivity index (χ1) is 45.0. The van der Waals surface area contributed by atoms with Gasteiger partial charge in [-0.15, -0.1) is 0 Å². The lowest BCUT2D eigenvalue weighted by Gasteiger charge is -2.22. The van der Waals surface area contributed by atoms with E-state index < -0.39 is 23.4 Å². The molecule has 0 bridgehead atoms. The number of pyridine rings is 3. The van der Waals surface area contributed by atoms with Gasteiger partial charge in [0.15, 0.2) is 0 Å². The first kappa shape index (κ1) is 55.4. The summed E-state index contributed by atoms with van der Waals surface area (Å²) in [5.74, 6) is -1.80. The summed E-state index contributed by atoms with van der Waals surface area (Å²) < 4.78 is 87.4. The summed E-state index contributed by atoms with van der Waals surface area (Å²) >= 11 is 0. The molecule has 11 aromatic carbocycles. The zero-order valence-electron chi connectivity index (χ0n) is 49.0. The molecule has 0 amide bonds. The highest BCUT2D eigenvalue weighted by Gasteiger charge is 2.37. The summed E-state index contributed by atoms with van der Waals surface area (Å²) in [4.78, 5) is 15.3. The van der Waals surface area contributed by atoms with E-state index in [-0.39, 0.29) is 22.5 Å². The van der Waals surface area contributed by atoms with Gasteiger partial charge in [-0.3, -0.25) is 0 Å². The minimum Gasteiger partial charge on any atom is -0.309 e.